The molecule has 1 aliphatic heterocycles. The van der Waals surface area contributed by atoms with E-state index in [-0.39, 0.29) is 35.6 Å². The molecule has 0 aromatic heterocycles. The standard InChI is InChI=1S/C16H22O3/c1-3-5-6-7-8-9-12-10-11(4-2)13-14(12)16(18)19-15(13)17/h4,8-9,11-14H,2-3,5-7,10H2,1H3/b9-8+/t11-,12+,13-,14+/m1/s1. The van der Waals surface area contributed by atoms with Crippen molar-refractivity contribution in [2.75, 3.05) is 0 Å². The zero-order valence-corrected chi connectivity index (χ0v) is 11.5. The second-order valence-corrected chi connectivity index (χ2v) is 5.51. The Morgan fingerprint density at radius 2 is 1.89 bits per heavy atom. The van der Waals surface area contributed by atoms with Crippen molar-refractivity contribution in [3.05, 3.63) is 24.8 Å². The van der Waals surface area contributed by atoms with Crippen LogP contribution in [0.1, 0.15) is 39.0 Å². The van der Waals surface area contributed by atoms with Gasteiger partial charge in [-0.15, -0.1) is 6.58 Å². The number of carbonyl (C=O) groups is 2. The van der Waals surface area contributed by atoms with E-state index in [2.05, 4.69) is 25.7 Å². The van der Waals surface area contributed by atoms with Gasteiger partial charge >= 0.3 is 11.9 Å². The molecule has 0 aromatic carbocycles. The first-order chi connectivity index (χ1) is 9.19. The van der Waals surface area contributed by atoms with Gasteiger partial charge in [-0.3, -0.25) is 9.59 Å². The summed E-state index contributed by atoms with van der Waals surface area (Å²) in [4.78, 5) is 23.4. The molecule has 0 spiro atoms. The fraction of sp³-hybridized carbons (Fsp3) is 0.625. The SMILES string of the molecule is C=C[C@@H]1C[C@H](/C=C/CCCCC)[C@@H]2C(=O)OC(=O)[C@@H]21. The summed E-state index contributed by atoms with van der Waals surface area (Å²) in [7, 11) is 0. The highest BCUT2D eigenvalue weighted by Crippen LogP contribution is 2.47. The molecule has 0 N–H and O–H groups in total. The fourth-order valence-electron chi connectivity index (χ4n) is 3.24. The maximum atomic E-state index is 11.8. The zero-order valence-electron chi connectivity index (χ0n) is 11.5. The van der Waals surface area contributed by atoms with E-state index in [0.717, 1.165) is 12.8 Å². The summed E-state index contributed by atoms with van der Waals surface area (Å²) in [5.74, 6) is -1.07. The predicted octanol–water partition coefficient (Wildman–Crippen LogP) is 3.26. The van der Waals surface area contributed by atoms with Gasteiger partial charge in [-0.2, -0.15) is 0 Å². The molecule has 3 heteroatoms. The summed E-state index contributed by atoms with van der Waals surface area (Å²) in [6, 6.07) is 0. The summed E-state index contributed by atoms with van der Waals surface area (Å²) < 4.78 is 4.78. The van der Waals surface area contributed by atoms with Gasteiger partial charge in [-0.25, -0.2) is 0 Å². The number of ether oxygens (including phenoxy) is 1. The van der Waals surface area contributed by atoms with Gasteiger partial charge in [0.25, 0.3) is 0 Å². The van der Waals surface area contributed by atoms with Crippen molar-refractivity contribution < 1.29 is 14.3 Å². The highest BCUT2D eigenvalue weighted by atomic mass is 16.6. The molecule has 1 saturated heterocycles. The largest absolute Gasteiger partial charge is 0.393 e. The smallest absolute Gasteiger partial charge is 0.318 e. The fourth-order valence-corrected chi connectivity index (χ4v) is 3.24. The number of carbonyl (C=O) groups excluding carboxylic acids is 2. The van der Waals surface area contributed by atoms with E-state index in [9.17, 15) is 9.59 Å². The minimum atomic E-state index is -0.359. The van der Waals surface area contributed by atoms with E-state index in [1.54, 1.807) is 6.08 Å². The predicted molar refractivity (Wildman–Crippen MR) is 73.2 cm³/mol. The Labute approximate surface area is 114 Å². The van der Waals surface area contributed by atoms with Gasteiger partial charge in [0.05, 0.1) is 11.8 Å². The van der Waals surface area contributed by atoms with Gasteiger partial charge in [0.2, 0.25) is 0 Å². The third kappa shape index (κ3) is 2.80. The van der Waals surface area contributed by atoms with Crippen LogP contribution in [0.25, 0.3) is 0 Å². The topological polar surface area (TPSA) is 43.4 Å². The summed E-state index contributed by atoms with van der Waals surface area (Å²) in [5.41, 5.74) is 0. The molecule has 0 bridgehead atoms. The first-order valence-electron chi connectivity index (χ1n) is 7.23. The minimum Gasteiger partial charge on any atom is -0.393 e. The van der Waals surface area contributed by atoms with E-state index >= 15 is 0 Å². The van der Waals surface area contributed by atoms with Crippen molar-refractivity contribution in [3.63, 3.8) is 0 Å². The van der Waals surface area contributed by atoms with Crippen LogP contribution in [0.2, 0.25) is 0 Å². The molecular formula is C16H22O3. The lowest BCUT2D eigenvalue weighted by molar-refractivity contribution is -0.154. The van der Waals surface area contributed by atoms with Gasteiger partial charge in [0.1, 0.15) is 0 Å². The van der Waals surface area contributed by atoms with E-state index in [1.165, 1.54) is 19.3 Å². The summed E-state index contributed by atoms with van der Waals surface area (Å²) >= 11 is 0. The second-order valence-electron chi connectivity index (χ2n) is 5.51. The van der Waals surface area contributed by atoms with Crippen LogP contribution in [0.15, 0.2) is 24.8 Å². The first kappa shape index (κ1) is 14.0. The van der Waals surface area contributed by atoms with E-state index in [1.807, 2.05) is 0 Å². The normalized spacial score (nSPS) is 33.7. The molecule has 2 aliphatic rings. The van der Waals surface area contributed by atoms with Gasteiger partial charge in [0.15, 0.2) is 0 Å². The van der Waals surface area contributed by atoms with Crippen molar-refractivity contribution in [1.82, 2.24) is 0 Å². The Morgan fingerprint density at radius 1 is 1.21 bits per heavy atom. The number of hydrogen-bond donors (Lipinski definition) is 0. The van der Waals surface area contributed by atoms with Crippen LogP contribution in [0.5, 0.6) is 0 Å². The average molecular weight is 262 g/mol. The minimum absolute atomic E-state index is 0.0780. The average Bonchev–Trinajstić information content (AvgIpc) is 2.90. The number of cyclic esters (lactones) is 2. The molecule has 3 nitrogen and oxygen atoms in total. The highest BCUT2D eigenvalue weighted by molar-refractivity contribution is 5.97. The Kier molecular flexibility index (Phi) is 4.56. The Hall–Kier alpha value is -1.38. The van der Waals surface area contributed by atoms with Crippen LogP contribution in [0, 0.1) is 23.7 Å². The number of esters is 2. The highest BCUT2D eigenvalue weighted by Gasteiger charge is 2.55. The summed E-state index contributed by atoms with van der Waals surface area (Å²) in [5, 5.41) is 0. The van der Waals surface area contributed by atoms with E-state index in [0.29, 0.717) is 0 Å². The van der Waals surface area contributed by atoms with Crippen molar-refractivity contribution in [2.45, 2.75) is 39.0 Å². The third-order valence-corrected chi connectivity index (χ3v) is 4.26. The number of allylic oxidation sites excluding steroid dienone is 3. The van der Waals surface area contributed by atoms with Gasteiger partial charge < -0.3 is 4.74 Å². The molecular weight excluding hydrogens is 240 g/mol. The van der Waals surface area contributed by atoms with Gasteiger partial charge in [-0.1, -0.05) is 38.0 Å². The van der Waals surface area contributed by atoms with Crippen LogP contribution >= 0.6 is 0 Å². The van der Waals surface area contributed by atoms with Crippen molar-refractivity contribution in [2.24, 2.45) is 23.7 Å². The van der Waals surface area contributed by atoms with Crippen molar-refractivity contribution in [1.29, 1.82) is 0 Å². The van der Waals surface area contributed by atoms with E-state index < -0.39 is 0 Å². The molecule has 0 radical (unpaired) electrons. The van der Waals surface area contributed by atoms with Crippen LogP contribution in [0.4, 0.5) is 0 Å². The summed E-state index contributed by atoms with van der Waals surface area (Å²) in [6.45, 7) is 5.96. The molecule has 4 atom stereocenters. The lowest BCUT2D eigenvalue weighted by Crippen LogP contribution is -2.19. The lowest BCUT2D eigenvalue weighted by Gasteiger charge is -2.08. The molecule has 1 aliphatic carbocycles. The van der Waals surface area contributed by atoms with Crippen LogP contribution < -0.4 is 0 Å². The molecule has 1 saturated carbocycles. The van der Waals surface area contributed by atoms with Crippen LogP contribution in [-0.2, 0) is 14.3 Å². The van der Waals surface area contributed by atoms with Gasteiger partial charge in [0, 0.05) is 0 Å². The molecule has 0 amide bonds. The summed E-state index contributed by atoms with van der Waals surface area (Å²) in [6.07, 6.45) is 11.6. The molecule has 104 valence electrons. The number of rotatable bonds is 6. The molecule has 19 heavy (non-hydrogen) atoms. The maximum Gasteiger partial charge on any atom is 0.318 e. The Bertz CT molecular complexity index is 397. The quantitative estimate of drug-likeness (QED) is 0.319. The second kappa shape index (κ2) is 6.18. The number of hydrogen-bond acceptors (Lipinski definition) is 3. The number of unbranched alkanes of at least 4 members (excludes halogenated alkanes) is 3. The monoisotopic (exact) mass is 262 g/mol. The third-order valence-electron chi connectivity index (χ3n) is 4.26. The zero-order chi connectivity index (χ0) is 13.8. The molecule has 1 heterocycles. The van der Waals surface area contributed by atoms with Crippen molar-refractivity contribution >= 4 is 11.9 Å². The van der Waals surface area contributed by atoms with Gasteiger partial charge in [-0.05, 0) is 31.1 Å². The Balaban J connectivity index is 2.00. The van der Waals surface area contributed by atoms with Crippen LogP contribution in [-0.4, -0.2) is 11.9 Å². The lowest BCUT2D eigenvalue weighted by atomic mass is 9.89. The first-order valence-corrected chi connectivity index (χ1v) is 7.23. The maximum absolute atomic E-state index is 11.8. The molecule has 2 rings (SSSR count). The number of fused-ring (bicyclic) bond motifs is 1. The van der Waals surface area contributed by atoms with Crippen LogP contribution in [0.3, 0.4) is 0 Å². The molecule has 2 fully saturated rings. The van der Waals surface area contributed by atoms with Crippen molar-refractivity contribution in [3.8, 4) is 0 Å². The Morgan fingerprint density at radius 3 is 2.53 bits per heavy atom. The van der Waals surface area contributed by atoms with E-state index in [4.69, 9.17) is 4.74 Å². The molecule has 0 unspecified atom stereocenters. The molecule has 0 aromatic rings.